The lowest BCUT2D eigenvalue weighted by molar-refractivity contribution is 0.0601. The van der Waals surface area contributed by atoms with Crippen molar-refractivity contribution in [3.8, 4) is 0 Å². The van der Waals surface area contributed by atoms with Gasteiger partial charge in [-0.25, -0.2) is 9.59 Å². The second kappa shape index (κ2) is 7.79. The number of carbonyl (C=O) groups excluding carboxylic acids is 2. The van der Waals surface area contributed by atoms with Crippen LogP contribution in [-0.2, 0) is 4.74 Å². The Labute approximate surface area is 135 Å². The van der Waals surface area contributed by atoms with Crippen molar-refractivity contribution in [3.63, 3.8) is 0 Å². The first-order chi connectivity index (χ1) is 11.1. The van der Waals surface area contributed by atoms with Crippen LogP contribution < -0.4 is 10.6 Å². The lowest BCUT2D eigenvalue weighted by Gasteiger charge is -2.05. The average molecular weight is 310 g/mol. The Bertz CT molecular complexity index is 721. The summed E-state index contributed by atoms with van der Waals surface area (Å²) in [5.41, 5.74) is 3.17. The van der Waals surface area contributed by atoms with E-state index in [1.54, 1.807) is 30.5 Å². The fourth-order valence-electron chi connectivity index (χ4n) is 1.96. The largest absolute Gasteiger partial charge is 0.465 e. The van der Waals surface area contributed by atoms with Gasteiger partial charge in [-0.05, 0) is 42.8 Å². The third-order valence-electron chi connectivity index (χ3n) is 3.10. The second-order valence-electron chi connectivity index (χ2n) is 4.91. The minimum atomic E-state index is -0.415. The van der Waals surface area contributed by atoms with E-state index in [2.05, 4.69) is 15.4 Å². The van der Waals surface area contributed by atoms with E-state index in [1.165, 1.54) is 7.11 Å². The zero-order valence-electron chi connectivity index (χ0n) is 13.0. The van der Waals surface area contributed by atoms with Crippen molar-refractivity contribution in [1.82, 2.24) is 5.32 Å². The topological polar surface area (TPSA) is 67.4 Å². The minimum Gasteiger partial charge on any atom is -0.465 e. The van der Waals surface area contributed by atoms with Crippen LogP contribution >= 0.6 is 0 Å². The van der Waals surface area contributed by atoms with Gasteiger partial charge in [-0.1, -0.05) is 29.8 Å². The molecule has 0 aliphatic carbocycles. The van der Waals surface area contributed by atoms with Crippen LogP contribution in [0.25, 0.3) is 6.08 Å². The molecule has 2 amide bonds. The molecule has 2 aromatic carbocycles. The number of amides is 2. The van der Waals surface area contributed by atoms with E-state index in [1.807, 2.05) is 37.3 Å². The molecule has 0 aliphatic rings. The van der Waals surface area contributed by atoms with Crippen molar-refractivity contribution in [2.24, 2.45) is 0 Å². The van der Waals surface area contributed by atoms with Gasteiger partial charge in [0.15, 0.2) is 0 Å². The summed E-state index contributed by atoms with van der Waals surface area (Å²) >= 11 is 0. The summed E-state index contributed by atoms with van der Waals surface area (Å²) in [6.07, 6.45) is 3.39. The molecule has 2 rings (SSSR count). The van der Waals surface area contributed by atoms with Crippen LogP contribution in [0.1, 0.15) is 21.5 Å². The molecule has 0 heterocycles. The molecule has 118 valence electrons. The summed E-state index contributed by atoms with van der Waals surface area (Å²) in [6, 6.07) is 14.0. The number of urea groups is 1. The van der Waals surface area contributed by atoms with Crippen LogP contribution in [-0.4, -0.2) is 19.1 Å². The molecule has 0 unspecified atom stereocenters. The first kappa shape index (κ1) is 16.3. The molecule has 0 aromatic heterocycles. The van der Waals surface area contributed by atoms with Crippen molar-refractivity contribution >= 4 is 23.8 Å². The van der Waals surface area contributed by atoms with Gasteiger partial charge < -0.3 is 15.4 Å². The third kappa shape index (κ3) is 5.00. The van der Waals surface area contributed by atoms with Gasteiger partial charge in [-0.15, -0.1) is 0 Å². The predicted molar refractivity (Wildman–Crippen MR) is 90.1 cm³/mol. The molecule has 0 aliphatic heterocycles. The number of rotatable bonds is 4. The van der Waals surface area contributed by atoms with Crippen LogP contribution in [0, 0.1) is 6.92 Å². The van der Waals surface area contributed by atoms with Gasteiger partial charge in [0.25, 0.3) is 0 Å². The van der Waals surface area contributed by atoms with Gasteiger partial charge >= 0.3 is 12.0 Å². The third-order valence-corrected chi connectivity index (χ3v) is 3.10. The van der Waals surface area contributed by atoms with Crippen molar-refractivity contribution in [1.29, 1.82) is 0 Å². The molecule has 5 heteroatoms. The Morgan fingerprint density at radius 2 is 1.83 bits per heavy atom. The molecule has 0 saturated carbocycles. The van der Waals surface area contributed by atoms with Crippen molar-refractivity contribution in [2.75, 3.05) is 12.4 Å². The minimum absolute atomic E-state index is 0.361. The van der Waals surface area contributed by atoms with Crippen LogP contribution in [0.3, 0.4) is 0 Å². The molecule has 0 atom stereocenters. The average Bonchev–Trinajstić information content (AvgIpc) is 2.55. The predicted octanol–water partition coefficient (Wildman–Crippen LogP) is 3.57. The SMILES string of the molecule is COC(=O)c1ccc(NC(=O)N/C=C/c2cccc(C)c2)cc1. The van der Waals surface area contributed by atoms with Crippen molar-refractivity contribution < 1.29 is 14.3 Å². The Kier molecular flexibility index (Phi) is 5.52. The summed E-state index contributed by atoms with van der Waals surface area (Å²) in [5.74, 6) is -0.415. The maximum atomic E-state index is 11.8. The molecular weight excluding hydrogens is 292 g/mol. The lowest BCUT2D eigenvalue weighted by Crippen LogP contribution is -2.23. The highest BCUT2D eigenvalue weighted by Gasteiger charge is 2.05. The maximum Gasteiger partial charge on any atom is 0.337 e. The van der Waals surface area contributed by atoms with Crippen LogP contribution in [0.15, 0.2) is 54.7 Å². The quantitative estimate of drug-likeness (QED) is 0.848. The molecule has 0 fully saturated rings. The summed E-state index contributed by atoms with van der Waals surface area (Å²) in [7, 11) is 1.32. The smallest absolute Gasteiger partial charge is 0.337 e. The second-order valence-corrected chi connectivity index (χ2v) is 4.91. The number of methoxy groups -OCH3 is 1. The summed E-state index contributed by atoms with van der Waals surface area (Å²) in [4.78, 5) is 23.1. The molecule has 23 heavy (non-hydrogen) atoms. The highest BCUT2D eigenvalue weighted by Crippen LogP contribution is 2.10. The number of nitrogens with one attached hydrogen (secondary N) is 2. The molecule has 0 radical (unpaired) electrons. The number of ether oxygens (including phenoxy) is 1. The molecule has 0 saturated heterocycles. The number of aryl methyl sites for hydroxylation is 1. The molecular formula is C18H18N2O3. The number of hydrogen-bond acceptors (Lipinski definition) is 3. The van der Waals surface area contributed by atoms with Gasteiger partial charge in [0.05, 0.1) is 12.7 Å². The fraction of sp³-hybridized carbons (Fsp3) is 0.111. The zero-order chi connectivity index (χ0) is 16.7. The van der Waals surface area contributed by atoms with E-state index in [4.69, 9.17) is 0 Å². The number of anilines is 1. The molecule has 0 spiro atoms. The Balaban J connectivity index is 1.88. The lowest BCUT2D eigenvalue weighted by atomic mass is 10.1. The van der Waals surface area contributed by atoms with E-state index in [0.29, 0.717) is 11.3 Å². The fourth-order valence-corrected chi connectivity index (χ4v) is 1.96. The molecule has 5 nitrogen and oxygen atoms in total. The van der Waals surface area contributed by atoms with Crippen molar-refractivity contribution in [3.05, 3.63) is 71.4 Å². The van der Waals surface area contributed by atoms with E-state index in [0.717, 1.165) is 11.1 Å². The number of carbonyl (C=O) groups is 2. The normalized spacial score (nSPS) is 10.3. The number of benzene rings is 2. The van der Waals surface area contributed by atoms with E-state index in [-0.39, 0.29) is 6.03 Å². The Morgan fingerprint density at radius 3 is 2.48 bits per heavy atom. The maximum absolute atomic E-state index is 11.8. The Morgan fingerprint density at radius 1 is 1.09 bits per heavy atom. The van der Waals surface area contributed by atoms with Gasteiger partial charge in [0.1, 0.15) is 0 Å². The first-order valence-corrected chi connectivity index (χ1v) is 7.07. The monoisotopic (exact) mass is 310 g/mol. The summed E-state index contributed by atoms with van der Waals surface area (Å²) in [6.45, 7) is 2.01. The van der Waals surface area contributed by atoms with E-state index in [9.17, 15) is 9.59 Å². The molecule has 2 aromatic rings. The zero-order valence-corrected chi connectivity index (χ0v) is 13.0. The first-order valence-electron chi connectivity index (χ1n) is 7.07. The molecule has 0 bridgehead atoms. The summed E-state index contributed by atoms with van der Waals surface area (Å²) < 4.78 is 4.61. The van der Waals surface area contributed by atoms with Crippen LogP contribution in [0.4, 0.5) is 10.5 Å². The van der Waals surface area contributed by atoms with Gasteiger partial charge in [0.2, 0.25) is 0 Å². The van der Waals surface area contributed by atoms with Gasteiger partial charge in [0, 0.05) is 11.9 Å². The van der Waals surface area contributed by atoms with Crippen LogP contribution in [0.5, 0.6) is 0 Å². The number of hydrogen-bond donors (Lipinski definition) is 2. The highest BCUT2D eigenvalue weighted by atomic mass is 16.5. The Hall–Kier alpha value is -3.08. The van der Waals surface area contributed by atoms with Gasteiger partial charge in [-0.2, -0.15) is 0 Å². The summed E-state index contributed by atoms with van der Waals surface area (Å²) in [5, 5.41) is 5.30. The molecule has 2 N–H and O–H groups in total. The van der Waals surface area contributed by atoms with Crippen molar-refractivity contribution in [2.45, 2.75) is 6.92 Å². The number of esters is 1. The van der Waals surface area contributed by atoms with E-state index < -0.39 is 5.97 Å². The highest BCUT2D eigenvalue weighted by molar-refractivity contribution is 5.92. The van der Waals surface area contributed by atoms with E-state index >= 15 is 0 Å². The van der Waals surface area contributed by atoms with Crippen LogP contribution in [0.2, 0.25) is 0 Å². The van der Waals surface area contributed by atoms with Gasteiger partial charge in [-0.3, -0.25) is 0 Å². The standard InChI is InChI=1S/C18H18N2O3/c1-13-4-3-5-14(12-13)10-11-19-18(22)20-16-8-6-15(7-9-16)17(21)23-2/h3-12H,1-2H3,(H2,19,20,22)/b11-10+.